The predicted octanol–water partition coefficient (Wildman–Crippen LogP) is 5.84. The van der Waals surface area contributed by atoms with Crippen LogP contribution in [0.2, 0.25) is 5.02 Å². The molecule has 1 unspecified atom stereocenters. The Morgan fingerprint density at radius 3 is 2.94 bits per heavy atom. The maximum Gasteiger partial charge on any atom is 0.224 e. The van der Waals surface area contributed by atoms with Crippen molar-refractivity contribution in [1.29, 1.82) is 0 Å². The van der Waals surface area contributed by atoms with Gasteiger partial charge in [0, 0.05) is 52.9 Å². The molecule has 0 aliphatic carbocycles. The first kappa shape index (κ1) is 21.9. The van der Waals surface area contributed by atoms with Crippen LogP contribution in [-0.4, -0.2) is 46.7 Å². The molecule has 170 valence electrons. The van der Waals surface area contributed by atoms with Gasteiger partial charge in [-0.15, -0.1) is 11.8 Å². The van der Waals surface area contributed by atoms with Gasteiger partial charge in [0.05, 0.1) is 23.8 Å². The van der Waals surface area contributed by atoms with E-state index in [1.54, 1.807) is 7.11 Å². The van der Waals surface area contributed by atoms with E-state index in [4.69, 9.17) is 21.3 Å². The van der Waals surface area contributed by atoms with Crippen LogP contribution in [0.4, 0.5) is 5.69 Å². The van der Waals surface area contributed by atoms with Crippen molar-refractivity contribution < 1.29 is 9.53 Å². The first-order chi connectivity index (χ1) is 16.1. The molecule has 0 bridgehead atoms. The summed E-state index contributed by atoms with van der Waals surface area (Å²) >= 11 is 8.05. The van der Waals surface area contributed by atoms with Crippen molar-refractivity contribution in [3.8, 4) is 5.75 Å². The van der Waals surface area contributed by atoms with E-state index in [9.17, 15) is 4.79 Å². The zero-order valence-corrected chi connectivity index (χ0v) is 19.9. The topological polar surface area (TPSA) is 70.2 Å². The number of pyridine rings is 1. The molecule has 2 aromatic heterocycles. The van der Waals surface area contributed by atoms with Crippen LogP contribution < -0.4 is 10.1 Å². The van der Waals surface area contributed by atoms with Gasteiger partial charge in [-0.05, 0) is 55.0 Å². The molecule has 2 aromatic carbocycles. The number of fused-ring (bicyclic) bond motifs is 2. The molecule has 1 fully saturated rings. The summed E-state index contributed by atoms with van der Waals surface area (Å²) < 4.78 is 5.45. The standard InChI is InChI=1S/C25H25ClN4O2S/c1-32-17-6-8-20-19(15-17)24(18-7-5-16(26)14-22(18)29-20)28-11-3-12-30-23(31)9-13-33-25(30)21-4-2-10-27-21/h2,4-8,10,14-15,25,27H,3,9,11-13H2,1H3,(H,28,29). The molecule has 1 amide bonds. The summed E-state index contributed by atoms with van der Waals surface area (Å²) in [6.45, 7) is 1.42. The highest BCUT2D eigenvalue weighted by Crippen LogP contribution is 2.37. The maximum atomic E-state index is 12.7. The second-order valence-electron chi connectivity index (χ2n) is 8.00. The second kappa shape index (κ2) is 9.53. The highest BCUT2D eigenvalue weighted by molar-refractivity contribution is 7.99. The van der Waals surface area contributed by atoms with E-state index in [1.807, 2.05) is 65.3 Å². The highest BCUT2D eigenvalue weighted by atomic mass is 35.5. The van der Waals surface area contributed by atoms with Gasteiger partial charge in [0.15, 0.2) is 0 Å². The van der Waals surface area contributed by atoms with Gasteiger partial charge < -0.3 is 19.9 Å². The van der Waals surface area contributed by atoms with Crippen LogP contribution in [0.3, 0.4) is 0 Å². The van der Waals surface area contributed by atoms with Gasteiger partial charge in [-0.1, -0.05) is 11.6 Å². The van der Waals surface area contributed by atoms with E-state index in [0.29, 0.717) is 18.0 Å². The van der Waals surface area contributed by atoms with Crippen LogP contribution in [0.25, 0.3) is 21.8 Å². The SMILES string of the molecule is COc1ccc2nc3cc(Cl)ccc3c(NCCCN3C(=O)CCSC3c3ccc[nH]3)c2c1. The fraction of sp³-hybridized carbons (Fsp3) is 0.280. The summed E-state index contributed by atoms with van der Waals surface area (Å²) in [5.74, 6) is 1.86. The zero-order valence-electron chi connectivity index (χ0n) is 18.3. The van der Waals surface area contributed by atoms with Crippen molar-refractivity contribution in [1.82, 2.24) is 14.9 Å². The largest absolute Gasteiger partial charge is 0.497 e. The summed E-state index contributed by atoms with van der Waals surface area (Å²) in [6.07, 6.45) is 3.33. The van der Waals surface area contributed by atoms with Crippen LogP contribution in [0.1, 0.15) is 23.9 Å². The van der Waals surface area contributed by atoms with Crippen LogP contribution in [0.5, 0.6) is 5.75 Å². The Morgan fingerprint density at radius 1 is 1.21 bits per heavy atom. The van der Waals surface area contributed by atoms with E-state index >= 15 is 0 Å². The summed E-state index contributed by atoms with van der Waals surface area (Å²) in [6, 6.07) is 15.7. The molecule has 0 saturated carbocycles. The number of anilines is 1. The molecule has 3 heterocycles. The number of carbonyl (C=O) groups is 1. The fourth-order valence-corrected chi connectivity index (χ4v) is 5.71. The van der Waals surface area contributed by atoms with Crippen molar-refractivity contribution >= 4 is 56.8 Å². The zero-order chi connectivity index (χ0) is 22.8. The van der Waals surface area contributed by atoms with E-state index in [1.165, 1.54) is 0 Å². The average Bonchev–Trinajstić information content (AvgIpc) is 3.36. The van der Waals surface area contributed by atoms with Crippen LogP contribution in [0.15, 0.2) is 54.7 Å². The monoisotopic (exact) mass is 480 g/mol. The van der Waals surface area contributed by atoms with Gasteiger partial charge in [-0.3, -0.25) is 4.79 Å². The third-order valence-corrected chi connectivity index (χ3v) is 7.40. The van der Waals surface area contributed by atoms with Gasteiger partial charge in [0.1, 0.15) is 11.1 Å². The number of nitrogens with zero attached hydrogens (tertiary/aromatic N) is 2. The van der Waals surface area contributed by atoms with E-state index in [2.05, 4.69) is 16.4 Å². The molecule has 0 spiro atoms. The molecule has 5 rings (SSSR count). The number of nitrogens with one attached hydrogen (secondary N) is 2. The Hall–Kier alpha value is -2.90. The number of aromatic amines is 1. The maximum absolute atomic E-state index is 12.7. The molecular weight excluding hydrogens is 456 g/mol. The van der Waals surface area contributed by atoms with E-state index < -0.39 is 0 Å². The first-order valence-corrected chi connectivity index (χ1v) is 12.4. The van der Waals surface area contributed by atoms with Gasteiger partial charge in [-0.25, -0.2) is 4.98 Å². The Labute approximate surface area is 201 Å². The number of halogens is 1. The fourth-order valence-electron chi connectivity index (χ4n) is 4.30. The number of hydrogen-bond donors (Lipinski definition) is 2. The van der Waals surface area contributed by atoms with E-state index in [0.717, 1.165) is 57.7 Å². The quantitative estimate of drug-likeness (QED) is 0.256. The Kier molecular flexibility index (Phi) is 6.33. The average molecular weight is 481 g/mol. The second-order valence-corrected chi connectivity index (χ2v) is 9.62. The molecule has 0 radical (unpaired) electrons. The van der Waals surface area contributed by atoms with Gasteiger partial charge >= 0.3 is 0 Å². The lowest BCUT2D eigenvalue weighted by Gasteiger charge is -2.34. The molecule has 2 N–H and O–H groups in total. The lowest BCUT2D eigenvalue weighted by atomic mass is 10.1. The number of rotatable bonds is 7. The molecule has 1 saturated heterocycles. The summed E-state index contributed by atoms with van der Waals surface area (Å²) in [5.41, 5.74) is 3.81. The number of carbonyl (C=O) groups excluding carboxylic acids is 1. The van der Waals surface area contributed by atoms with Crippen LogP contribution in [0, 0.1) is 0 Å². The van der Waals surface area contributed by atoms with Crippen molar-refractivity contribution in [3.05, 3.63) is 65.4 Å². The molecule has 1 aliphatic heterocycles. The molecule has 8 heteroatoms. The van der Waals surface area contributed by atoms with Crippen LogP contribution in [-0.2, 0) is 4.79 Å². The Bertz CT molecular complexity index is 1290. The molecule has 4 aromatic rings. The van der Waals surface area contributed by atoms with Gasteiger partial charge in [0.25, 0.3) is 0 Å². The molecular formula is C25H25ClN4O2S. The number of hydrogen-bond acceptors (Lipinski definition) is 5. The van der Waals surface area contributed by atoms with E-state index in [-0.39, 0.29) is 11.3 Å². The number of amides is 1. The molecule has 1 aliphatic rings. The van der Waals surface area contributed by atoms with Crippen LogP contribution >= 0.6 is 23.4 Å². The third kappa shape index (κ3) is 4.48. The smallest absolute Gasteiger partial charge is 0.224 e. The first-order valence-electron chi connectivity index (χ1n) is 11.0. The number of thioether (sulfide) groups is 1. The number of benzene rings is 2. The van der Waals surface area contributed by atoms with Crippen molar-refractivity contribution in [2.24, 2.45) is 0 Å². The number of aromatic nitrogens is 2. The molecule has 6 nitrogen and oxygen atoms in total. The Morgan fingerprint density at radius 2 is 2.12 bits per heavy atom. The molecule has 33 heavy (non-hydrogen) atoms. The minimum Gasteiger partial charge on any atom is -0.497 e. The van der Waals surface area contributed by atoms with Gasteiger partial charge in [-0.2, -0.15) is 0 Å². The summed E-state index contributed by atoms with van der Waals surface area (Å²) in [4.78, 5) is 22.7. The number of ether oxygens (including phenoxy) is 1. The predicted molar refractivity (Wildman–Crippen MR) is 136 cm³/mol. The van der Waals surface area contributed by atoms with Gasteiger partial charge in [0.2, 0.25) is 5.91 Å². The third-order valence-electron chi connectivity index (χ3n) is 5.90. The number of methoxy groups -OCH3 is 1. The van der Waals surface area contributed by atoms with Crippen molar-refractivity contribution in [2.45, 2.75) is 18.2 Å². The number of H-pyrrole nitrogens is 1. The summed E-state index contributed by atoms with van der Waals surface area (Å²) in [7, 11) is 1.66. The van der Waals surface area contributed by atoms with Crippen molar-refractivity contribution in [3.63, 3.8) is 0 Å². The highest BCUT2D eigenvalue weighted by Gasteiger charge is 2.29. The summed E-state index contributed by atoms with van der Waals surface area (Å²) in [5, 5.41) is 6.33. The molecule has 1 atom stereocenters. The van der Waals surface area contributed by atoms with Crippen molar-refractivity contribution in [2.75, 3.05) is 31.3 Å². The minimum atomic E-state index is 0.0511. The lowest BCUT2D eigenvalue weighted by molar-refractivity contribution is -0.132. The lowest BCUT2D eigenvalue weighted by Crippen LogP contribution is -2.38. The Balaban J connectivity index is 1.38. The normalized spacial score (nSPS) is 16.5. The minimum absolute atomic E-state index is 0.0511.